The van der Waals surface area contributed by atoms with Crippen LogP contribution in [0.1, 0.15) is 37.1 Å². The molecular weight excluding hydrogens is 276 g/mol. The summed E-state index contributed by atoms with van der Waals surface area (Å²) >= 11 is 0. The number of sulfone groups is 1. The van der Waals surface area contributed by atoms with E-state index in [2.05, 4.69) is 21.6 Å². The number of aromatic nitrogens is 2. The predicted molar refractivity (Wildman–Crippen MR) is 78.3 cm³/mol. The van der Waals surface area contributed by atoms with Gasteiger partial charge in [-0.05, 0) is 24.8 Å². The van der Waals surface area contributed by atoms with Gasteiger partial charge in [0.05, 0.1) is 11.4 Å². The van der Waals surface area contributed by atoms with Crippen LogP contribution in [0, 0.1) is 11.3 Å². The lowest BCUT2D eigenvalue weighted by molar-refractivity contribution is 0.600. The van der Waals surface area contributed by atoms with Crippen LogP contribution >= 0.6 is 0 Å². The van der Waals surface area contributed by atoms with Crippen LogP contribution < -0.4 is 5.32 Å². The predicted octanol–water partition coefficient (Wildman–Crippen LogP) is 1.32. The Hall–Kier alpha value is -1.68. The highest BCUT2D eigenvalue weighted by molar-refractivity contribution is 7.90. The Morgan fingerprint density at radius 3 is 2.45 bits per heavy atom. The molecule has 0 aliphatic carbocycles. The van der Waals surface area contributed by atoms with Gasteiger partial charge in [0, 0.05) is 12.8 Å². The molecule has 1 rings (SSSR count). The van der Waals surface area contributed by atoms with Gasteiger partial charge in [0.1, 0.15) is 21.5 Å². The summed E-state index contributed by atoms with van der Waals surface area (Å²) < 4.78 is 22.1. The first-order chi connectivity index (χ1) is 9.42. The van der Waals surface area contributed by atoms with Crippen molar-refractivity contribution in [3.63, 3.8) is 0 Å². The Labute approximate surface area is 120 Å². The zero-order chi connectivity index (χ0) is 15.2. The number of nitrogens with one attached hydrogen (secondary N) is 1. The first-order valence-electron chi connectivity index (χ1n) is 6.63. The standard InChI is InChI=1S/C13H20N4O2S/c1-4-10-11(9-14)13(17-16-12(10)5-2)15-7-6-8-20(3,18)19/h4-8H2,1-3H3,(H,15,17). The molecule has 0 saturated carbocycles. The summed E-state index contributed by atoms with van der Waals surface area (Å²) in [6.07, 6.45) is 3.14. The van der Waals surface area contributed by atoms with E-state index in [1.807, 2.05) is 13.8 Å². The van der Waals surface area contributed by atoms with Crippen LogP contribution in [0.5, 0.6) is 0 Å². The van der Waals surface area contributed by atoms with E-state index in [1.54, 1.807) is 0 Å². The lowest BCUT2D eigenvalue weighted by Gasteiger charge is -2.11. The molecule has 1 aromatic heterocycles. The Kier molecular flexibility index (Phi) is 5.89. The lowest BCUT2D eigenvalue weighted by atomic mass is 10.0. The van der Waals surface area contributed by atoms with E-state index in [-0.39, 0.29) is 5.75 Å². The maximum absolute atomic E-state index is 11.0. The molecule has 1 N–H and O–H groups in total. The van der Waals surface area contributed by atoms with Crippen molar-refractivity contribution < 1.29 is 8.42 Å². The van der Waals surface area contributed by atoms with Gasteiger partial charge in [-0.1, -0.05) is 13.8 Å². The van der Waals surface area contributed by atoms with Gasteiger partial charge in [-0.2, -0.15) is 10.4 Å². The molecule has 0 radical (unpaired) electrons. The maximum Gasteiger partial charge on any atom is 0.166 e. The molecule has 0 saturated heterocycles. The van der Waals surface area contributed by atoms with Crippen molar-refractivity contribution in [2.45, 2.75) is 33.1 Å². The zero-order valence-electron chi connectivity index (χ0n) is 12.1. The zero-order valence-corrected chi connectivity index (χ0v) is 12.9. The van der Waals surface area contributed by atoms with Crippen molar-refractivity contribution in [3.8, 4) is 6.07 Å². The summed E-state index contributed by atoms with van der Waals surface area (Å²) in [6.45, 7) is 4.40. The summed E-state index contributed by atoms with van der Waals surface area (Å²) in [6, 6.07) is 2.16. The molecule has 0 unspecified atom stereocenters. The summed E-state index contributed by atoms with van der Waals surface area (Å²) in [4.78, 5) is 0. The van der Waals surface area contributed by atoms with Gasteiger partial charge in [0.15, 0.2) is 5.82 Å². The van der Waals surface area contributed by atoms with E-state index in [9.17, 15) is 13.7 Å². The van der Waals surface area contributed by atoms with Crippen LogP contribution in [-0.2, 0) is 22.7 Å². The molecule has 0 amide bonds. The molecule has 1 aromatic rings. The highest BCUT2D eigenvalue weighted by Gasteiger charge is 2.13. The minimum Gasteiger partial charge on any atom is -0.367 e. The van der Waals surface area contributed by atoms with Crippen molar-refractivity contribution in [2.24, 2.45) is 0 Å². The number of hydrogen-bond donors (Lipinski definition) is 1. The van der Waals surface area contributed by atoms with E-state index >= 15 is 0 Å². The molecule has 0 aliphatic heterocycles. The third-order valence-corrected chi connectivity index (χ3v) is 3.97. The van der Waals surface area contributed by atoms with E-state index in [0.717, 1.165) is 24.1 Å². The molecule has 6 nitrogen and oxygen atoms in total. The van der Waals surface area contributed by atoms with Crippen LogP contribution in [0.2, 0.25) is 0 Å². The molecule has 0 bridgehead atoms. The van der Waals surface area contributed by atoms with Gasteiger partial charge in [0.25, 0.3) is 0 Å². The van der Waals surface area contributed by atoms with Crippen LogP contribution in [0.15, 0.2) is 0 Å². The van der Waals surface area contributed by atoms with Crippen LogP contribution in [0.3, 0.4) is 0 Å². The normalized spacial score (nSPS) is 11.1. The van der Waals surface area contributed by atoms with Crippen molar-refractivity contribution in [1.82, 2.24) is 10.2 Å². The monoisotopic (exact) mass is 296 g/mol. The Morgan fingerprint density at radius 1 is 1.25 bits per heavy atom. The summed E-state index contributed by atoms with van der Waals surface area (Å²) in [5.74, 6) is 0.554. The average Bonchev–Trinajstić information content (AvgIpc) is 2.41. The van der Waals surface area contributed by atoms with Gasteiger partial charge in [-0.15, -0.1) is 5.10 Å². The van der Waals surface area contributed by atoms with Gasteiger partial charge < -0.3 is 5.32 Å². The van der Waals surface area contributed by atoms with E-state index in [1.165, 1.54) is 6.26 Å². The summed E-state index contributed by atoms with van der Waals surface area (Å²) in [5.41, 5.74) is 2.26. The molecular formula is C13H20N4O2S. The van der Waals surface area contributed by atoms with Crippen LogP contribution in [-0.4, -0.2) is 37.2 Å². The van der Waals surface area contributed by atoms with Gasteiger partial charge in [-0.25, -0.2) is 8.42 Å². The fraction of sp³-hybridized carbons (Fsp3) is 0.615. The second-order valence-corrected chi connectivity index (χ2v) is 6.84. The molecule has 20 heavy (non-hydrogen) atoms. The first-order valence-corrected chi connectivity index (χ1v) is 8.69. The highest BCUT2D eigenvalue weighted by atomic mass is 32.2. The maximum atomic E-state index is 11.0. The number of hydrogen-bond acceptors (Lipinski definition) is 6. The van der Waals surface area contributed by atoms with Gasteiger partial charge in [0.2, 0.25) is 0 Å². The second-order valence-electron chi connectivity index (χ2n) is 4.58. The fourth-order valence-corrected chi connectivity index (χ4v) is 2.63. The number of nitriles is 1. The van der Waals surface area contributed by atoms with Crippen molar-refractivity contribution in [2.75, 3.05) is 23.9 Å². The van der Waals surface area contributed by atoms with Gasteiger partial charge >= 0.3 is 0 Å². The first kappa shape index (κ1) is 16.4. The minimum absolute atomic E-state index is 0.114. The Bertz CT molecular complexity index is 606. The molecule has 1 heterocycles. The smallest absolute Gasteiger partial charge is 0.166 e. The van der Waals surface area contributed by atoms with Crippen LogP contribution in [0.4, 0.5) is 5.82 Å². The van der Waals surface area contributed by atoms with E-state index in [4.69, 9.17) is 0 Å². The number of aryl methyl sites for hydroxylation is 1. The molecule has 0 aromatic carbocycles. The van der Waals surface area contributed by atoms with E-state index in [0.29, 0.717) is 24.3 Å². The Morgan fingerprint density at radius 2 is 1.95 bits per heavy atom. The fourth-order valence-electron chi connectivity index (χ4n) is 1.96. The molecule has 0 spiro atoms. The van der Waals surface area contributed by atoms with Crippen molar-refractivity contribution in [1.29, 1.82) is 5.26 Å². The third-order valence-electron chi connectivity index (χ3n) is 2.94. The second kappa shape index (κ2) is 7.20. The quantitative estimate of drug-likeness (QED) is 0.762. The van der Waals surface area contributed by atoms with Gasteiger partial charge in [-0.3, -0.25) is 0 Å². The topological polar surface area (TPSA) is 95.7 Å². The largest absolute Gasteiger partial charge is 0.367 e. The molecule has 0 aliphatic rings. The molecule has 0 fully saturated rings. The minimum atomic E-state index is -2.96. The van der Waals surface area contributed by atoms with E-state index < -0.39 is 9.84 Å². The lowest BCUT2D eigenvalue weighted by Crippen LogP contribution is -2.13. The highest BCUT2D eigenvalue weighted by Crippen LogP contribution is 2.19. The SMILES string of the molecule is CCc1nnc(NCCCS(C)(=O)=O)c(C#N)c1CC. The molecule has 110 valence electrons. The summed E-state index contributed by atoms with van der Waals surface area (Å²) in [5, 5.41) is 20.4. The average molecular weight is 296 g/mol. The number of rotatable bonds is 7. The summed E-state index contributed by atoms with van der Waals surface area (Å²) in [7, 11) is -2.96. The van der Waals surface area contributed by atoms with Crippen molar-refractivity contribution in [3.05, 3.63) is 16.8 Å². The van der Waals surface area contributed by atoms with Crippen molar-refractivity contribution >= 4 is 15.7 Å². The molecule has 7 heteroatoms. The third kappa shape index (κ3) is 4.46. The van der Waals surface area contributed by atoms with Crippen LogP contribution in [0.25, 0.3) is 0 Å². The molecule has 0 atom stereocenters. The number of nitrogens with zero attached hydrogens (tertiary/aromatic N) is 3. The number of anilines is 1. The Balaban J connectivity index is 2.83.